The number of nitrogens with two attached hydrogens (primary N) is 1. The molecule has 6 nitrogen and oxygen atoms in total. The predicted molar refractivity (Wildman–Crippen MR) is 118 cm³/mol. The van der Waals surface area contributed by atoms with Crippen LogP contribution >= 0.6 is 24.0 Å². The quantitative estimate of drug-likeness (QED) is 0.368. The largest absolute Gasteiger partial charge is 0.484 e. The Morgan fingerprint density at radius 2 is 2.11 bits per heavy atom. The molecule has 1 aliphatic heterocycles. The van der Waals surface area contributed by atoms with E-state index in [1.807, 2.05) is 24.3 Å². The number of aliphatic imine (C=N–C) groups is 1. The predicted octanol–water partition coefficient (Wildman–Crippen LogP) is 2.90. The van der Waals surface area contributed by atoms with Crippen LogP contribution in [-0.2, 0) is 11.3 Å². The second-order valence-electron chi connectivity index (χ2n) is 7.45. The molecule has 1 saturated carbocycles. The normalized spacial score (nSPS) is 18.4. The molecule has 1 aromatic rings. The average molecular weight is 486 g/mol. The van der Waals surface area contributed by atoms with Gasteiger partial charge in [-0.1, -0.05) is 25.0 Å². The van der Waals surface area contributed by atoms with Crippen molar-refractivity contribution in [3.8, 4) is 5.75 Å². The Kier molecular flexibility index (Phi) is 8.19. The topological polar surface area (TPSA) is 80.0 Å². The molecule has 0 bridgehead atoms. The van der Waals surface area contributed by atoms with Gasteiger partial charge in [0, 0.05) is 19.6 Å². The molecule has 2 aliphatic rings. The lowest BCUT2D eigenvalue weighted by Crippen LogP contribution is -2.41. The van der Waals surface area contributed by atoms with Gasteiger partial charge in [0.15, 0.2) is 12.6 Å². The Hall–Kier alpha value is -1.51. The van der Waals surface area contributed by atoms with Crippen molar-refractivity contribution in [2.45, 2.75) is 45.6 Å². The summed E-state index contributed by atoms with van der Waals surface area (Å²) in [6.45, 7) is 5.67. The first-order valence-electron chi connectivity index (χ1n) is 9.63. The minimum atomic E-state index is -0.474. The lowest BCUT2D eigenvalue weighted by molar-refractivity contribution is -0.119. The van der Waals surface area contributed by atoms with Crippen molar-refractivity contribution in [1.82, 2.24) is 10.2 Å². The highest BCUT2D eigenvalue weighted by Gasteiger charge is 2.41. The first-order valence-corrected chi connectivity index (χ1v) is 9.63. The third kappa shape index (κ3) is 5.99. The number of ether oxygens (including phenoxy) is 1. The van der Waals surface area contributed by atoms with Crippen molar-refractivity contribution in [2.75, 3.05) is 26.2 Å². The fourth-order valence-corrected chi connectivity index (χ4v) is 4.13. The fraction of sp³-hybridized carbons (Fsp3) is 0.600. The molecular formula is C20H31IN4O2. The molecular weight excluding hydrogens is 455 g/mol. The molecule has 1 aromatic carbocycles. The molecule has 0 atom stereocenters. The van der Waals surface area contributed by atoms with Crippen LogP contribution in [0.25, 0.3) is 0 Å². The summed E-state index contributed by atoms with van der Waals surface area (Å²) in [5, 5.41) is 3.44. The number of primary amides is 1. The molecule has 2 fully saturated rings. The fourth-order valence-electron chi connectivity index (χ4n) is 4.13. The number of nitrogens with one attached hydrogen (secondary N) is 1. The highest BCUT2D eigenvalue weighted by Crippen LogP contribution is 2.45. The van der Waals surface area contributed by atoms with Crippen LogP contribution in [0.2, 0.25) is 0 Å². The van der Waals surface area contributed by atoms with E-state index in [0.29, 0.717) is 17.7 Å². The van der Waals surface area contributed by atoms with E-state index in [4.69, 9.17) is 15.5 Å². The average Bonchev–Trinajstić information content (AvgIpc) is 3.27. The van der Waals surface area contributed by atoms with Gasteiger partial charge in [0.1, 0.15) is 5.75 Å². The summed E-state index contributed by atoms with van der Waals surface area (Å²) in [7, 11) is 0. The molecule has 0 aromatic heterocycles. The molecule has 1 amide bonds. The van der Waals surface area contributed by atoms with Crippen LogP contribution in [0.4, 0.5) is 0 Å². The third-order valence-electron chi connectivity index (χ3n) is 5.43. The number of hydrogen-bond acceptors (Lipinski definition) is 3. The highest BCUT2D eigenvalue weighted by molar-refractivity contribution is 14.0. The van der Waals surface area contributed by atoms with Gasteiger partial charge < -0.3 is 20.7 Å². The van der Waals surface area contributed by atoms with E-state index in [1.165, 1.54) is 32.1 Å². The second-order valence-corrected chi connectivity index (χ2v) is 7.45. The van der Waals surface area contributed by atoms with Crippen molar-refractivity contribution in [3.05, 3.63) is 29.8 Å². The van der Waals surface area contributed by atoms with Gasteiger partial charge >= 0.3 is 0 Å². The van der Waals surface area contributed by atoms with Gasteiger partial charge in [0.25, 0.3) is 5.91 Å². The lowest BCUT2D eigenvalue weighted by atomic mass is 9.86. The van der Waals surface area contributed by atoms with Crippen molar-refractivity contribution in [2.24, 2.45) is 16.1 Å². The first-order chi connectivity index (χ1) is 12.6. The molecule has 1 heterocycles. The zero-order valence-corrected chi connectivity index (χ0v) is 18.4. The van der Waals surface area contributed by atoms with Crippen LogP contribution in [0.3, 0.4) is 0 Å². The maximum absolute atomic E-state index is 10.9. The van der Waals surface area contributed by atoms with Gasteiger partial charge in [-0.05, 0) is 49.3 Å². The maximum Gasteiger partial charge on any atom is 0.255 e. The van der Waals surface area contributed by atoms with Gasteiger partial charge in [-0.3, -0.25) is 4.79 Å². The standard InChI is InChI=1S/C20H30N4O2.HI/c1-2-22-19(24-11-10-20(15-24)8-3-4-9-20)23-13-16-6-5-7-17(12-16)26-14-18(21)25;/h5-7,12H,2-4,8-11,13-15H2,1H3,(H2,21,25)(H,22,23);1H. The molecule has 27 heavy (non-hydrogen) atoms. The highest BCUT2D eigenvalue weighted by atomic mass is 127. The number of carbonyl (C=O) groups is 1. The molecule has 0 unspecified atom stereocenters. The minimum absolute atomic E-state index is 0. The molecule has 3 N–H and O–H groups in total. The van der Waals surface area contributed by atoms with E-state index in [0.717, 1.165) is 31.2 Å². The smallest absolute Gasteiger partial charge is 0.255 e. The Morgan fingerprint density at radius 3 is 2.81 bits per heavy atom. The summed E-state index contributed by atoms with van der Waals surface area (Å²) in [6, 6.07) is 7.67. The zero-order chi connectivity index (χ0) is 18.4. The Labute approximate surface area is 178 Å². The number of carbonyl (C=O) groups excluding carboxylic acids is 1. The van der Waals surface area contributed by atoms with Crippen LogP contribution in [0.5, 0.6) is 5.75 Å². The van der Waals surface area contributed by atoms with E-state index in [9.17, 15) is 4.79 Å². The summed E-state index contributed by atoms with van der Waals surface area (Å²) in [5.41, 5.74) is 6.71. The monoisotopic (exact) mass is 486 g/mol. The summed E-state index contributed by atoms with van der Waals surface area (Å²) < 4.78 is 5.38. The first kappa shape index (κ1) is 21.8. The van der Waals surface area contributed by atoms with E-state index in [1.54, 1.807) is 0 Å². The molecule has 1 saturated heterocycles. The Morgan fingerprint density at radius 1 is 1.33 bits per heavy atom. The number of guanidine groups is 1. The number of halogens is 1. The summed E-state index contributed by atoms with van der Waals surface area (Å²) in [4.78, 5) is 18.1. The van der Waals surface area contributed by atoms with Gasteiger partial charge in [-0.25, -0.2) is 4.99 Å². The number of likely N-dealkylation sites (tertiary alicyclic amines) is 1. The van der Waals surface area contributed by atoms with Gasteiger partial charge in [-0.15, -0.1) is 24.0 Å². The van der Waals surface area contributed by atoms with Crippen molar-refractivity contribution >= 4 is 35.8 Å². The summed E-state index contributed by atoms with van der Waals surface area (Å²) in [6.07, 6.45) is 6.76. The molecule has 150 valence electrons. The van der Waals surface area contributed by atoms with E-state index >= 15 is 0 Å². The van der Waals surface area contributed by atoms with E-state index in [-0.39, 0.29) is 30.6 Å². The Bertz CT molecular complexity index is 659. The van der Waals surface area contributed by atoms with Gasteiger partial charge in [0.2, 0.25) is 0 Å². The van der Waals surface area contributed by atoms with E-state index < -0.39 is 5.91 Å². The summed E-state index contributed by atoms with van der Waals surface area (Å²) in [5.74, 6) is 1.17. The summed E-state index contributed by atoms with van der Waals surface area (Å²) >= 11 is 0. The molecule has 7 heteroatoms. The third-order valence-corrected chi connectivity index (χ3v) is 5.43. The second kappa shape index (κ2) is 10.1. The number of benzene rings is 1. The Balaban J connectivity index is 0.00000261. The van der Waals surface area contributed by atoms with Crippen molar-refractivity contribution in [3.63, 3.8) is 0 Å². The lowest BCUT2D eigenvalue weighted by Gasteiger charge is -2.26. The van der Waals surface area contributed by atoms with Crippen LogP contribution in [0.1, 0.15) is 44.6 Å². The molecule has 1 aliphatic carbocycles. The SMILES string of the molecule is CCNC(=NCc1cccc(OCC(N)=O)c1)N1CCC2(CCCC2)C1.I. The molecule has 0 radical (unpaired) electrons. The number of nitrogens with zero attached hydrogens (tertiary/aromatic N) is 2. The maximum atomic E-state index is 10.9. The van der Waals surface area contributed by atoms with Crippen LogP contribution in [0.15, 0.2) is 29.3 Å². The van der Waals surface area contributed by atoms with Gasteiger partial charge in [0.05, 0.1) is 6.54 Å². The molecule has 3 rings (SSSR count). The van der Waals surface area contributed by atoms with Crippen LogP contribution < -0.4 is 15.8 Å². The number of amides is 1. The zero-order valence-electron chi connectivity index (χ0n) is 16.1. The van der Waals surface area contributed by atoms with E-state index in [2.05, 4.69) is 17.1 Å². The van der Waals surface area contributed by atoms with Crippen molar-refractivity contribution in [1.29, 1.82) is 0 Å². The minimum Gasteiger partial charge on any atom is -0.484 e. The van der Waals surface area contributed by atoms with Crippen LogP contribution in [-0.4, -0.2) is 43.0 Å². The van der Waals surface area contributed by atoms with Crippen molar-refractivity contribution < 1.29 is 9.53 Å². The molecule has 1 spiro atoms. The number of hydrogen-bond donors (Lipinski definition) is 2. The number of rotatable bonds is 6. The van der Waals surface area contributed by atoms with Gasteiger partial charge in [-0.2, -0.15) is 0 Å². The van der Waals surface area contributed by atoms with Crippen LogP contribution in [0, 0.1) is 5.41 Å².